The van der Waals surface area contributed by atoms with Crippen LogP contribution in [0.15, 0.2) is 82.3 Å². The first-order valence-corrected chi connectivity index (χ1v) is 16.7. The molecule has 4 heterocycles. The van der Waals surface area contributed by atoms with Crippen molar-refractivity contribution in [2.45, 2.75) is 51.7 Å². The van der Waals surface area contributed by atoms with Crippen molar-refractivity contribution in [1.82, 2.24) is 24.1 Å². The van der Waals surface area contributed by atoms with Gasteiger partial charge in [-0.1, -0.05) is 30.3 Å². The largest absolute Gasteiger partial charge is 0.444 e. The molecular weight excluding hydrogens is 690 g/mol. The molecule has 12 nitrogen and oxygen atoms in total. The fourth-order valence-corrected chi connectivity index (χ4v) is 6.64. The molecule has 1 aliphatic rings. The van der Waals surface area contributed by atoms with Crippen molar-refractivity contribution in [3.05, 3.63) is 105 Å². The molecule has 0 bridgehead atoms. The van der Waals surface area contributed by atoms with Gasteiger partial charge >= 0.3 is 6.09 Å². The number of amides is 2. The Morgan fingerprint density at radius 2 is 1.73 bits per heavy atom. The van der Waals surface area contributed by atoms with E-state index in [-0.39, 0.29) is 24.2 Å². The first kappa shape index (κ1) is 33.9. The third-order valence-corrected chi connectivity index (χ3v) is 9.11. The van der Waals surface area contributed by atoms with Crippen molar-refractivity contribution >= 4 is 45.0 Å². The fraction of sp³-hybridized carbons (Fsp3) is 0.306. The second-order valence-corrected chi connectivity index (χ2v) is 13.8. The fourth-order valence-electron chi connectivity index (χ4n) is 6.12. The molecule has 2 aromatic carbocycles. The molecule has 0 saturated carbocycles. The lowest BCUT2D eigenvalue weighted by Gasteiger charge is -2.33. The molecule has 1 aliphatic heterocycles. The van der Waals surface area contributed by atoms with Crippen molar-refractivity contribution in [2.24, 2.45) is 0 Å². The Morgan fingerprint density at radius 3 is 2.39 bits per heavy atom. The molecule has 0 spiro atoms. The van der Waals surface area contributed by atoms with Gasteiger partial charge < -0.3 is 25.4 Å². The van der Waals surface area contributed by atoms with E-state index in [2.05, 4.69) is 37.4 Å². The number of nitrogens with zero attached hydrogens (tertiary/aromatic N) is 5. The van der Waals surface area contributed by atoms with E-state index in [4.69, 9.17) is 15.2 Å². The molecular formula is C36H38BrN7O5. The van der Waals surface area contributed by atoms with E-state index < -0.39 is 17.1 Å². The van der Waals surface area contributed by atoms with E-state index in [1.54, 1.807) is 36.3 Å². The van der Waals surface area contributed by atoms with Crippen LogP contribution in [0.3, 0.4) is 0 Å². The Kier molecular flexibility index (Phi) is 9.57. The van der Waals surface area contributed by atoms with Gasteiger partial charge in [-0.3, -0.25) is 14.2 Å². The van der Waals surface area contributed by atoms with Gasteiger partial charge in [0.1, 0.15) is 23.0 Å². The maximum atomic E-state index is 13.7. The lowest BCUT2D eigenvalue weighted by atomic mass is 9.93. The second-order valence-electron chi connectivity index (χ2n) is 12.9. The number of halogens is 1. The summed E-state index contributed by atoms with van der Waals surface area (Å²) in [5, 5.41) is 7.40. The highest BCUT2D eigenvalue weighted by molar-refractivity contribution is 9.10. The summed E-state index contributed by atoms with van der Waals surface area (Å²) in [5.74, 6) is -0.0570. The summed E-state index contributed by atoms with van der Waals surface area (Å²) in [6.07, 6.45) is 2.63. The maximum Gasteiger partial charge on any atom is 0.410 e. The van der Waals surface area contributed by atoms with Crippen LogP contribution in [-0.2, 0) is 16.1 Å². The molecule has 3 N–H and O–H groups in total. The summed E-state index contributed by atoms with van der Waals surface area (Å²) in [7, 11) is 1.55. The van der Waals surface area contributed by atoms with Gasteiger partial charge in [-0.15, -0.1) is 0 Å². The maximum absolute atomic E-state index is 13.7. The zero-order valence-corrected chi connectivity index (χ0v) is 29.4. The zero-order chi connectivity index (χ0) is 34.9. The van der Waals surface area contributed by atoms with Crippen LogP contribution in [0.2, 0.25) is 0 Å². The number of benzene rings is 2. The molecule has 254 valence electrons. The third-order valence-electron chi connectivity index (χ3n) is 8.42. The predicted molar refractivity (Wildman–Crippen MR) is 191 cm³/mol. The Labute approximate surface area is 292 Å². The van der Waals surface area contributed by atoms with Gasteiger partial charge in [-0.2, -0.15) is 5.10 Å². The monoisotopic (exact) mass is 727 g/mol. The van der Waals surface area contributed by atoms with Crippen LogP contribution in [0, 0.1) is 0 Å². The van der Waals surface area contributed by atoms with E-state index >= 15 is 0 Å². The molecule has 49 heavy (non-hydrogen) atoms. The summed E-state index contributed by atoms with van der Waals surface area (Å²) in [6, 6.07) is 20.0. The van der Waals surface area contributed by atoms with Crippen LogP contribution in [0.25, 0.3) is 22.3 Å². The number of carbonyl (C=O) groups is 2. The van der Waals surface area contributed by atoms with Crippen LogP contribution in [0.4, 0.5) is 16.3 Å². The van der Waals surface area contributed by atoms with E-state index in [1.807, 2.05) is 55.6 Å². The number of nitrogen functional groups attached to an aromatic ring is 1. The van der Waals surface area contributed by atoms with E-state index in [9.17, 15) is 14.4 Å². The van der Waals surface area contributed by atoms with E-state index in [1.165, 1.54) is 17.0 Å². The lowest BCUT2D eigenvalue weighted by molar-refractivity contribution is 0.0203. The highest BCUT2D eigenvalue weighted by atomic mass is 79.9. The predicted octanol–water partition coefficient (Wildman–Crippen LogP) is 6.41. The summed E-state index contributed by atoms with van der Waals surface area (Å²) in [4.78, 5) is 45.8. The summed E-state index contributed by atoms with van der Waals surface area (Å²) in [6.45, 7) is 6.90. The van der Waals surface area contributed by atoms with Crippen LogP contribution >= 0.6 is 15.9 Å². The highest BCUT2D eigenvalue weighted by Gasteiger charge is 2.30. The standard InChI is InChI=1S/C36H38BrN7O5/c1-36(2,3)49-35(47)42-16-14-23(15-17-42)29-19-26(31-32(38)39-21-40-44(29)31)22-10-12-24(13-11-22)41-33(45)27-18-28(37)30(20-48-4)43(34(27)46)25-8-6-5-7-9-25/h5-13,18-19,21,23H,14-17,20H2,1-4H3,(H,41,45)(H2,38,39,40). The minimum atomic E-state index is -0.551. The first-order valence-electron chi connectivity index (χ1n) is 16.0. The number of hydrogen-bond acceptors (Lipinski definition) is 8. The third kappa shape index (κ3) is 7.08. The first-order chi connectivity index (χ1) is 23.4. The van der Waals surface area contributed by atoms with Crippen molar-refractivity contribution in [3.8, 4) is 16.8 Å². The molecule has 0 unspecified atom stereocenters. The van der Waals surface area contributed by atoms with Crippen LogP contribution < -0.4 is 16.6 Å². The zero-order valence-electron chi connectivity index (χ0n) is 27.8. The quantitative estimate of drug-likeness (QED) is 0.196. The molecule has 1 fully saturated rings. The number of nitrogens with one attached hydrogen (secondary N) is 1. The molecule has 0 aliphatic carbocycles. The van der Waals surface area contributed by atoms with Crippen LogP contribution in [0.1, 0.15) is 61.3 Å². The normalized spacial score (nSPS) is 13.9. The number of rotatable bonds is 7. The topological polar surface area (TPSA) is 146 Å². The number of fused-ring (bicyclic) bond motifs is 1. The number of likely N-dealkylation sites (tertiary alicyclic amines) is 1. The number of nitrogens with two attached hydrogens (primary N) is 1. The number of para-hydroxylation sites is 1. The molecule has 13 heteroatoms. The van der Waals surface area contributed by atoms with Crippen LogP contribution in [-0.4, -0.2) is 61.9 Å². The average molecular weight is 729 g/mol. The van der Waals surface area contributed by atoms with Crippen molar-refractivity contribution in [1.29, 1.82) is 0 Å². The molecule has 6 rings (SSSR count). The van der Waals surface area contributed by atoms with Crippen LogP contribution in [0.5, 0.6) is 0 Å². The van der Waals surface area contributed by atoms with E-state index in [0.29, 0.717) is 46.0 Å². The Morgan fingerprint density at radius 1 is 1.04 bits per heavy atom. The Hall–Kier alpha value is -5.01. The number of anilines is 2. The number of piperidine rings is 1. The number of aromatic nitrogens is 4. The lowest BCUT2D eigenvalue weighted by Crippen LogP contribution is -2.41. The minimum absolute atomic E-state index is 0.0228. The van der Waals surface area contributed by atoms with E-state index in [0.717, 1.165) is 29.7 Å². The number of pyridine rings is 1. The molecule has 0 atom stereocenters. The minimum Gasteiger partial charge on any atom is -0.444 e. The summed E-state index contributed by atoms with van der Waals surface area (Å²) in [5.41, 5.74) is 10.5. The number of methoxy groups -OCH3 is 1. The van der Waals surface area contributed by atoms with Gasteiger partial charge in [0.25, 0.3) is 11.5 Å². The number of hydrogen-bond donors (Lipinski definition) is 2. The summed E-state index contributed by atoms with van der Waals surface area (Å²) >= 11 is 3.53. The molecule has 2 amide bonds. The van der Waals surface area contributed by atoms with Gasteiger partial charge in [0.05, 0.1) is 12.3 Å². The average Bonchev–Trinajstić information content (AvgIpc) is 3.47. The Balaban J connectivity index is 1.25. The SMILES string of the molecule is COCc1c(Br)cc(C(=O)Nc2ccc(-c3cc(C4CCN(C(=O)OC(C)(C)C)CC4)n4ncnc(N)c34)cc2)c(=O)n1-c1ccccc1. The van der Waals surface area contributed by atoms with Crippen molar-refractivity contribution < 1.29 is 19.1 Å². The number of ether oxygens (including phenoxy) is 2. The second kappa shape index (κ2) is 13.8. The van der Waals surface area contributed by atoms with Gasteiger partial charge in [0.15, 0.2) is 5.82 Å². The van der Waals surface area contributed by atoms with Gasteiger partial charge in [0, 0.05) is 53.2 Å². The Bertz CT molecular complexity index is 2060. The van der Waals surface area contributed by atoms with Gasteiger partial charge in [-0.05, 0) is 91.5 Å². The highest BCUT2D eigenvalue weighted by Crippen LogP contribution is 2.37. The van der Waals surface area contributed by atoms with Crippen molar-refractivity contribution in [3.63, 3.8) is 0 Å². The molecule has 1 saturated heterocycles. The summed E-state index contributed by atoms with van der Waals surface area (Å²) < 4.78 is 14.8. The van der Waals surface area contributed by atoms with Gasteiger partial charge in [0.2, 0.25) is 0 Å². The molecule has 3 aromatic heterocycles. The smallest absolute Gasteiger partial charge is 0.410 e. The number of carbonyl (C=O) groups excluding carboxylic acids is 2. The van der Waals surface area contributed by atoms with Crippen molar-refractivity contribution in [2.75, 3.05) is 31.2 Å². The molecule has 5 aromatic rings. The molecule has 0 radical (unpaired) electrons. The van der Waals surface area contributed by atoms with Gasteiger partial charge in [-0.25, -0.2) is 14.3 Å².